The molecule has 2 nitrogen and oxygen atoms in total. The second kappa shape index (κ2) is 8.15. The van der Waals surface area contributed by atoms with E-state index in [1.54, 1.807) is 0 Å². The van der Waals surface area contributed by atoms with Crippen LogP contribution in [0.4, 0.5) is 5.69 Å². The fraction of sp³-hybridized carbons (Fsp3) is 0.625. The van der Waals surface area contributed by atoms with E-state index in [0.717, 1.165) is 13.1 Å². The lowest BCUT2D eigenvalue weighted by Gasteiger charge is -2.31. The van der Waals surface area contributed by atoms with E-state index in [1.807, 2.05) is 0 Å². The summed E-state index contributed by atoms with van der Waals surface area (Å²) in [4.78, 5) is 2.50. The lowest BCUT2D eigenvalue weighted by Crippen LogP contribution is -2.43. The Morgan fingerprint density at radius 1 is 1.17 bits per heavy atom. The van der Waals surface area contributed by atoms with Crippen LogP contribution < -0.4 is 10.2 Å². The molecule has 1 N–H and O–H groups in total. The van der Waals surface area contributed by atoms with Gasteiger partial charge in [-0.15, -0.1) is 0 Å². The summed E-state index contributed by atoms with van der Waals surface area (Å²) < 4.78 is 0. The molecule has 0 saturated heterocycles. The van der Waals surface area contributed by atoms with Gasteiger partial charge in [-0.2, -0.15) is 0 Å². The van der Waals surface area contributed by atoms with Gasteiger partial charge in [0, 0.05) is 24.8 Å². The molecule has 1 aromatic rings. The van der Waals surface area contributed by atoms with Crippen LogP contribution in [0.3, 0.4) is 0 Å². The SMILES string of the molecule is CCCCN(CC(NC)C(C)C)c1ccccc1. The average molecular weight is 248 g/mol. The van der Waals surface area contributed by atoms with Gasteiger partial charge in [0.1, 0.15) is 0 Å². The average Bonchev–Trinajstić information content (AvgIpc) is 2.39. The van der Waals surface area contributed by atoms with E-state index < -0.39 is 0 Å². The zero-order valence-corrected chi connectivity index (χ0v) is 12.3. The fourth-order valence-electron chi connectivity index (χ4n) is 2.19. The zero-order chi connectivity index (χ0) is 13.4. The number of hydrogen-bond donors (Lipinski definition) is 1. The number of anilines is 1. The van der Waals surface area contributed by atoms with Crippen molar-refractivity contribution in [3.05, 3.63) is 30.3 Å². The Hall–Kier alpha value is -1.02. The smallest absolute Gasteiger partial charge is 0.0366 e. The van der Waals surface area contributed by atoms with Gasteiger partial charge in [0.15, 0.2) is 0 Å². The Morgan fingerprint density at radius 2 is 1.83 bits per heavy atom. The predicted molar refractivity (Wildman–Crippen MR) is 81.2 cm³/mol. The molecule has 0 aliphatic rings. The van der Waals surface area contributed by atoms with E-state index >= 15 is 0 Å². The number of hydrogen-bond acceptors (Lipinski definition) is 2. The minimum atomic E-state index is 0.544. The van der Waals surface area contributed by atoms with Crippen molar-refractivity contribution in [3.63, 3.8) is 0 Å². The van der Waals surface area contributed by atoms with Crippen LogP contribution in [-0.4, -0.2) is 26.2 Å². The third kappa shape index (κ3) is 4.69. The summed E-state index contributed by atoms with van der Waals surface area (Å²) in [7, 11) is 2.06. The van der Waals surface area contributed by atoms with Gasteiger partial charge < -0.3 is 10.2 Å². The maximum absolute atomic E-state index is 3.44. The van der Waals surface area contributed by atoms with Crippen LogP contribution >= 0.6 is 0 Å². The monoisotopic (exact) mass is 248 g/mol. The van der Waals surface area contributed by atoms with E-state index in [-0.39, 0.29) is 0 Å². The maximum Gasteiger partial charge on any atom is 0.0366 e. The summed E-state index contributed by atoms with van der Waals surface area (Å²) in [6, 6.07) is 11.3. The standard InChI is InChI=1S/C16H28N2/c1-5-6-12-18(13-16(17-4)14(2)3)15-10-8-7-9-11-15/h7-11,14,16-17H,5-6,12-13H2,1-4H3. The van der Waals surface area contributed by atoms with Crippen LogP contribution in [0.5, 0.6) is 0 Å². The zero-order valence-electron chi connectivity index (χ0n) is 12.3. The van der Waals surface area contributed by atoms with Crippen LogP contribution in [0, 0.1) is 5.92 Å². The molecule has 0 aliphatic heterocycles. The molecule has 0 aliphatic carbocycles. The van der Waals surface area contributed by atoms with Crippen molar-refractivity contribution in [2.45, 2.75) is 39.7 Å². The topological polar surface area (TPSA) is 15.3 Å². The molecule has 0 aromatic heterocycles. The fourth-order valence-corrected chi connectivity index (χ4v) is 2.19. The molecule has 0 heterocycles. The van der Waals surface area contributed by atoms with Crippen molar-refractivity contribution in [2.75, 3.05) is 25.0 Å². The molecular formula is C16H28N2. The molecule has 1 rings (SSSR count). The van der Waals surface area contributed by atoms with Gasteiger partial charge in [-0.05, 0) is 31.5 Å². The molecule has 2 heteroatoms. The lowest BCUT2D eigenvalue weighted by molar-refractivity contribution is 0.422. The maximum atomic E-state index is 3.44. The molecule has 0 radical (unpaired) electrons. The third-order valence-corrected chi connectivity index (χ3v) is 3.50. The van der Waals surface area contributed by atoms with Gasteiger partial charge in [-0.3, -0.25) is 0 Å². The lowest BCUT2D eigenvalue weighted by atomic mass is 10.0. The van der Waals surface area contributed by atoms with Gasteiger partial charge in [0.25, 0.3) is 0 Å². The highest BCUT2D eigenvalue weighted by Crippen LogP contribution is 2.16. The van der Waals surface area contributed by atoms with Crippen LogP contribution in [0.1, 0.15) is 33.6 Å². The molecule has 0 saturated carbocycles. The first-order valence-electron chi connectivity index (χ1n) is 7.16. The van der Waals surface area contributed by atoms with E-state index in [4.69, 9.17) is 0 Å². The normalized spacial score (nSPS) is 12.7. The van der Waals surface area contributed by atoms with Gasteiger partial charge in [0.2, 0.25) is 0 Å². The summed E-state index contributed by atoms with van der Waals surface area (Å²) in [5.74, 6) is 0.655. The van der Waals surface area contributed by atoms with Gasteiger partial charge in [-0.25, -0.2) is 0 Å². The van der Waals surface area contributed by atoms with Crippen molar-refractivity contribution >= 4 is 5.69 Å². The highest BCUT2D eigenvalue weighted by molar-refractivity contribution is 5.46. The number of nitrogens with one attached hydrogen (secondary N) is 1. The highest BCUT2D eigenvalue weighted by Gasteiger charge is 2.15. The summed E-state index contributed by atoms with van der Waals surface area (Å²) in [5.41, 5.74) is 1.34. The van der Waals surface area contributed by atoms with Crippen molar-refractivity contribution < 1.29 is 0 Å². The number of nitrogens with zero attached hydrogens (tertiary/aromatic N) is 1. The van der Waals surface area contributed by atoms with Gasteiger partial charge in [-0.1, -0.05) is 45.4 Å². The van der Waals surface area contributed by atoms with Gasteiger partial charge >= 0.3 is 0 Å². The largest absolute Gasteiger partial charge is 0.370 e. The molecule has 1 unspecified atom stereocenters. The third-order valence-electron chi connectivity index (χ3n) is 3.50. The number of benzene rings is 1. The highest BCUT2D eigenvalue weighted by atomic mass is 15.2. The Bertz CT molecular complexity index is 308. The van der Waals surface area contributed by atoms with E-state index in [9.17, 15) is 0 Å². The van der Waals surface area contributed by atoms with Crippen LogP contribution in [0.2, 0.25) is 0 Å². The Balaban J connectivity index is 2.72. The van der Waals surface area contributed by atoms with E-state index in [0.29, 0.717) is 12.0 Å². The van der Waals surface area contributed by atoms with E-state index in [2.05, 4.69) is 68.4 Å². The predicted octanol–water partition coefficient (Wildman–Crippen LogP) is 3.54. The molecular weight excluding hydrogens is 220 g/mol. The van der Waals surface area contributed by atoms with Crippen molar-refractivity contribution in [1.82, 2.24) is 5.32 Å². The molecule has 1 aromatic carbocycles. The molecule has 1 atom stereocenters. The number of likely N-dealkylation sites (N-methyl/N-ethyl adjacent to an activating group) is 1. The van der Waals surface area contributed by atoms with Crippen LogP contribution in [-0.2, 0) is 0 Å². The Kier molecular flexibility index (Phi) is 6.81. The minimum Gasteiger partial charge on any atom is -0.370 e. The Morgan fingerprint density at radius 3 is 2.33 bits per heavy atom. The molecule has 0 spiro atoms. The van der Waals surface area contributed by atoms with E-state index in [1.165, 1.54) is 18.5 Å². The summed E-state index contributed by atoms with van der Waals surface area (Å²) in [6.07, 6.45) is 2.50. The second-order valence-corrected chi connectivity index (χ2v) is 5.27. The second-order valence-electron chi connectivity index (χ2n) is 5.27. The first-order chi connectivity index (χ1) is 8.69. The number of rotatable bonds is 8. The first kappa shape index (κ1) is 15.0. The summed E-state index contributed by atoms with van der Waals surface area (Å²) in [5, 5.41) is 3.44. The molecule has 102 valence electrons. The molecule has 0 amide bonds. The first-order valence-corrected chi connectivity index (χ1v) is 7.16. The number of unbranched alkanes of at least 4 members (excludes halogenated alkanes) is 1. The Labute approximate surface area is 112 Å². The number of para-hydroxylation sites is 1. The van der Waals surface area contributed by atoms with Gasteiger partial charge in [0.05, 0.1) is 0 Å². The van der Waals surface area contributed by atoms with Crippen molar-refractivity contribution in [2.24, 2.45) is 5.92 Å². The van der Waals surface area contributed by atoms with Crippen LogP contribution in [0.15, 0.2) is 30.3 Å². The van der Waals surface area contributed by atoms with Crippen LogP contribution in [0.25, 0.3) is 0 Å². The molecule has 0 bridgehead atoms. The minimum absolute atomic E-state index is 0.544. The summed E-state index contributed by atoms with van der Waals surface area (Å²) >= 11 is 0. The molecule has 18 heavy (non-hydrogen) atoms. The van der Waals surface area contributed by atoms with Crippen molar-refractivity contribution in [3.8, 4) is 0 Å². The molecule has 0 fully saturated rings. The summed E-state index contributed by atoms with van der Waals surface area (Å²) in [6.45, 7) is 9.04. The quantitative estimate of drug-likeness (QED) is 0.757. The van der Waals surface area contributed by atoms with Crippen molar-refractivity contribution in [1.29, 1.82) is 0 Å².